The van der Waals surface area contributed by atoms with Crippen molar-refractivity contribution in [3.05, 3.63) is 397 Å². The molecule has 23 nitrogen and oxygen atoms in total. The maximum absolute atomic E-state index is 12.1. The number of allylic oxidation sites excluding steroid dienone is 6. The van der Waals surface area contributed by atoms with Crippen LogP contribution in [0.1, 0.15) is 265 Å². The van der Waals surface area contributed by atoms with Gasteiger partial charge in [-0.1, -0.05) is 193 Å². The Kier molecular flexibility index (Phi) is 30.9. The monoisotopic (exact) mass is 1950 g/mol. The number of Topliss-reactive ketones (excluding diaryl/α,β-unsaturated/α-hetero) is 1. The smallest absolute Gasteiger partial charge is 0.248 e. The van der Waals surface area contributed by atoms with Crippen LogP contribution in [0.4, 0.5) is 0 Å². The van der Waals surface area contributed by atoms with Gasteiger partial charge in [-0.15, -0.1) is 0 Å². The lowest BCUT2D eigenvalue weighted by atomic mass is 9.92. The molecule has 0 spiro atoms. The first-order chi connectivity index (χ1) is 71.1. The van der Waals surface area contributed by atoms with E-state index in [9.17, 15) is 24.6 Å². The number of aryl methyl sites for hydroxylation is 1. The van der Waals surface area contributed by atoms with Gasteiger partial charge in [-0.3, -0.25) is 49.3 Å². The van der Waals surface area contributed by atoms with Gasteiger partial charge in [-0.2, -0.15) is 15.4 Å². The minimum Gasteiger partial charge on any atom is -0.381 e. The van der Waals surface area contributed by atoms with E-state index >= 15 is 0 Å². The summed E-state index contributed by atoms with van der Waals surface area (Å²) in [6.07, 6.45) is 39.6. The van der Waals surface area contributed by atoms with Gasteiger partial charge in [-0.25, -0.2) is 15.0 Å². The molecule has 0 saturated carbocycles. The predicted molar refractivity (Wildman–Crippen MR) is 596 cm³/mol. The van der Waals surface area contributed by atoms with Crippen molar-refractivity contribution in [3.8, 4) is 124 Å². The standard InChI is InChI=1S/C23H20N4.C22H20N2O2.C22H24N2O.C21H22N2O.C19H19N3O.C18H17N5/c1-14(2)22-20(19-8-15-4-3-5-21(15)25-13-19)10-18(11-26-22)17-9-16-6-7-24-23(16)27-12-17;1-13(2)22-17(15-4-3-14-5-8-20(25)18(14)11-15)6-7-19(24-22)16-9-10-23-21(26)12-16;1-14(2)21-19(10-9-16(24-21)11-12-22(4,5)25)18-8-6-7-17-15(3)23-13-20(17)18;1-14(2)20-18(9-8-17(23-20)10-11-21(3,4)24)16-12-15-6-5-7-19(15)22-13-16;1-12(2)19-16(14-6-8-20-13(3)10-14)4-5-17(22-19)15-7-9-21-18(23)11-15;1-11(2)18-14(6-7-16(21-18)17-10-20-23-22-17)13-8-12-4-3-5-15(12)19-9-13/h3-4,6-14H,5H2,1-2H3,(H,24,27);3-4,6-7,9-13H,5,8H2,1-2H3,(H,23,26);6-10,14,23,25H,3,13H2,1-2,4-5H3;5-6,8-9,12-14,24H,7H2,1-4H3;4-12,20H,3H2,1-2H3,(H,21,23);3-4,6-11H,5H2,1-2H3,(H,20,22,23). The van der Waals surface area contributed by atoms with Crippen LogP contribution in [0, 0.1) is 23.7 Å². The minimum atomic E-state index is -1.02. The molecule has 0 bridgehead atoms. The van der Waals surface area contributed by atoms with Gasteiger partial charge in [0, 0.05) is 200 Å². The molecule has 0 unspecified atom stereocenters. The van der Waals surface area contributed by atoms with E-state index in [0.717, 1.165) is 223 Å². The Balaban J connectivity index is 0.000000121. The summed E-state index contributed by atoms with van der Waals surface area (Å²) in [7, 11) is 0. The number of carbonyl (C=O) groups is 1. The van der Waals surface area contributed by atoms with E-state index in [1.807, 2.05) is 116 Å². The summed E-state index contributed by atoms with van der Waals surface area (Å²) < 4.78 is 0. The highest BCUT2D eigenvalue weighted by Crippen LogP contribution is 2.42. The number of carbonyl (C=O) groups excluding carboxylic acids is 1. The number of aliphatic hydroxyl groups is 2. The Morgan fingerprint density at radius 2 is 0.851 bits per heavy atom. The van der Waals surface area contributed by atoms with Gasteiger partial charge >= 0.3 is 0 Å². The van der Waals surface area contributed by atoms with Crippen molar-refractivity contribution in [2.75, 3.05) is 0 Å². The first-order valence-corrected chi connectivity index (χ1v) is 50.3. The van der Waals surface area contributed by atoms with Crippen LogP contribution in [-0.2, 0) is 32.2 Å². The van der Waals surface area contributed by atoms with Crippen molar-refractivity contribution >= 4 is 46.3 Å². The third-order valence-electron chi connectivity index (χ3n) is 25.9. The molecule has 0 atom stereocenters. The first-order valence-electron chi connectivity index (χ1n) is 50.3. The highest BCUT2D eigenvalue weighted by Gasteiger charge is 2.27. The Morgan fingerprint density at radius 3 is 1.39 bits per heavy atom. The zero-order valence-corrected chi connectivity index (χ0v) is 86.5. The summed E-state index contributed by atoms with van der Waals surface area (Å²) in [5, 5.41) is 37.7. The molecule has 16 aromatic rings. The zero-order valence-electron chi connectivity index (χ0n) is 86.5. The average Bonchev–Trinajstić information content (AvgIpc) is 1.50. The molecule has 148 heavy (non-hydrogen) atoms. The summed E-state index contributed by atoms with van der Waals surface area (Å²) >= 11 is 0. The van der Waals surface area contributed by atoms with Crippen LogP contribution in [0.25, 0.3) is 141 Å². The van der Waals surface area contributed by atoms with Crippen molar-refractivity contribution in [1.29, 1.82) is 0 Å². The molecule has 23 heteroatoms. The third kappa shape index (κ3) is 24.3. The van der Waals surface area contributed by atoms with Gasteiger partial charge in [0.1, 0.15) is 33.9 Å². The lowest BCUT2D eigenvalue weighted by Gasteiger charge is -2.17. The number of rotatable bonds is 16. The fourth-order valence-electron chi connectivity index (χ4n) is 18.5. The van der Waals surface area contributed by atoms with Crippen LogP contribution in [0.15, 0.2) is 279 Å². The molecular weight excluding hydrogens is 1830 g/mol. The highest BCUT2D eigenvalue weighted by molar-refractivity contribution is 6.01. The number of ketones is 1. The van der Waals surface area contributed by atoms with Gasteiger partial charge in [0.05, 0.1) is 74.5 Å². The molecule has 0 radical (unpaired) electrons. The van der Waals surface area contributed by atoms with Crippen molar-refractivity contribution < 1.29 is 15.0 Å². The van der Waals surface area contributed by atoms with E-state index in [2.05, 4.69) is 302 Å². The van der Waals surface area contributed by atoms with E-state index in [1.165, 1.54) is 33.4 Å². The van der Waals surface area contributed by atoms with Gasteiger partial charge in [-0.05, 0) is 235 Å². The number of pyridine rings is 12. The molecule has 2 aliphatic heterocycles. The Bertz CT molecular complexity index is 8220. The number of aromatic amines is 4. The maximum Gasteiger partial charge on any atom is 0.248 e. The second kappa shape index (κ2) is 44.7. The number of aromatic nitrogens is 16. The molecule has 0 saturated heterocycles. The Labute approximate surface area is 864 Å². The summed E-state index contributed by atoms with van der Waals surface area (Å²) in [6.45, 7) is 41.1. The number of hydrogen-bond donors (Lipinski definition) is 8. The van der Waals surface area contributed by atoms with E-state index in [0.29, 0.717) is 29.6 Å². The summed E-state index contributed by atoms with van der Waals surface area (Å²) in [5.74, 6) is 13.5. The quantitative estimate of drug-likeness (QED) is 0.0417. The van der Waals surface area contributed by atoms with Gasteiger partial charge in [0.25, 0.3) is 0 Å². The predicted octanol–water partition coefficient (Wildman–Crippen LogP) is 25.0. The highest BCUT2D eigenvalue weighted by atomic mass is 16.3. The first kappa shape index (κ1) is 102. The number of hydrogen-bond acceptors (Lipinski definition) is 19. The molecule has 8 N–H and O–H groups in total. The van der Waals surface area contributed by atoms with Crippen LogP contribution >= 0.6 is 0 Å². The molecule has 0 fully saturated rings. The van der Waals surface area contributed by atoms with Crippen LogP contribution < -0.4 is 21.8 Å². The maximum atomic E-state index is 12.1. The number of nitrogens with one attached hydrogen (secondary N) is 6. The van der Waals surface area contributed by atoms with Gasteiger partial charge in [0.15, 0.2) is 5.78 Å². The van der Waals surface area contributed by atoms with E-state index in [-0.39, 0.29) is 40.6 Å². The molecule has 14 aromatic heterocycles. The van der Waals surface area contributed by atoms with Gasteiger partial charge < -0.3 is 35.8 Å². The van der Waals surface area contributed by atoms with Crippen molar-refractivity contribution in [3.63, 3.8) is 0 Å². The summed E-state index contributed by atoms with van der Waals surface area (Å²) in [6, 6.07) is 52.4. The van der Waals surface area contributed by atoms with Crippen molar-refractivity contribution in [2.24, 2.45) is 0 Å². The van der Waals surface area contributed by atoms with E-state index in [4.69, 9.17) is 29.9 Å². The van der Waals surface area contributed by atoms with Crippen molar-refractivity contribution in [1.82, 2.24) is 90.8 Å². The lowest BCUT2D eigenvalue weighted by Crippen LogP contribution is -2.14. The fourth-order valence-corrected chi connectivity index (χ4v) is 18.5. The molecule has 4 aliphatic carbocycles. The van der Waals surface area contributed by atoms with Crippen LogP contribution in [-0.4, -0.2) is 107 Å². The second-order valence-electron chi connectivity index (χ2n) is 40.4. The number of benzene rings is 2. The normalized spacial score (nSPS) is 13.2. The van der Waals surface area contributed by atoms with Crippen LogP contribution in [0.2, 0.25) is 0 Å². The SMILES string of the molecule is C=C1C=C(c2ccc(-c3cc[nH]c(=O)c3)nc2C(C)C)C=CN1.C=C1NCc2c1cccc2-c1ccc(C#CC(C)(C)O)nc1C(C)C.CC(C)c1nc(-c2cc[nH]c(=O)c2)ccc1-c1ccc2c(c1)C(=O)CC2.CC(C)c1nc(-c2cn[nH]n2)ccc1-c1cnc2c(c1)C=CC2.CC(C)c1nc(C#CC(C)(C)O)ccc1-c1cnc2c(c1)C=CC2.CC(C)c1ncc(-c2cnc3[nH]ccc3c2)cc1-c1cnc2c(c1)C=CC2. The zero-order chi connectivity index (χ0) is 104. The van der Waals surface area contributed by atoms with E-state index in [1.54, 1.807) is 58.4 Å². The number of H-pyrrole nitrogens is 4. The lowest BCUT2D eigenvalue weighted by molar-refractivity contribution is 0.0994. The average molecular weight is 1960 g/mol. The van der Waals surface area contributed by atoms with E-state index < -0.39 is 11.2 Å². The Morgan fingerprint density at radius 1 is 0.385 bits per heavy atom. The molecule has 0 amide bonds. The minimum absolute atomic E-state index is 0.125. The summed E-state index contributed by atoms with van der Waals surface area (Å²) in [4.78, 5) is 90.7. The molecule has 16 heterocycles. The molecular formula is C125H122N18O5. The Hall–Kier alpha value is -17.0. The molecule has 2 aromatic carbocycles. The van der Waals surface area contributed by atoms with Crippen LogP contribution in [0.3, 0.4) is 0 Å². The molecule has 6 aliphatic rings. The van der Waals surface area contributed by atoms with Gasteiger partial charge in [0.2, 0.25) is 11.1 Å². The third-order valence-corrected chi connectivity index (χ3v) is 25.9. The summed E-state index contributed by atoms with van der Waals surface area (Å²) in [5.41, 5.74) is 39.6. The largest absolute Gasteiger partial charge is 0.381 e. The topological polar surface area (TPSA) is 334 Å². The molecule has 742 valence electrons. The van der Waals surface area contributed by atoms with Crippen molar-refractivity contribution in [2.45, 2.75) is 196 Å². The number of dihydropyridines is 1. The number of fused-ring (bicyclic) bond motifs is 6. The van der Waals surface area contributed by atoms with Crippen LogP contribution in [0.5, 0.6) is 0 Å². The fraction of sp³-hybridized carbons (Fsp3) is 0.240. The number of nitrogens with zero attached hydrogens (tertiary/aromatic N) is 12. The second-order valence-corrected chi connectivity index (χ2v) is 40.4. The molecule has 22 rings (SSSR count).